The number of hydrogen-bond donors (Lipinski definition) is 4. The highest BCUT2D eigenvalue weighted by Crippen LogP contribution is 2.40. The van der Waals surface area contributed by atoms with Crippen molar-refractivity contribution in [3.8, 4) is 11.3 Å². The number of nitrogens with two attached hydrogens (primary N) is 2. The predicted molar refractivity (Wildman–Crippen MR) is 467 cm³/mol. The third kappa shape index (κ3) is 30.1. The summed E-state index contributed by atoms with van der Waals surface area (Å²) < 4.78 is 96.6. The highest BCUT2D eigenvalue weighted by molar-refractivity contribution is 6.39. The first kappa shape index (κ1) is 101. The summed E-state index contributed by atoms with van der Waals surface area (Å²) in [5.41, 5.74) is 17.2. The maximum absolute atomic E-state index is 14.8. The van der Waals surface area contributed by atoms with E-state index in [0.717, 1.165) is 17.6 Å². The number of cyclic esters (lactones) is 1. The number of aliphatic hydroxyl groups excluding tert-OH is 1. The number of likely N-dealkylation sites (tertiary alicyclic amines) is 1. The van der Waals surface area contributed by atoms with Gasteiger partial charge in [-0.3, -0.25) is 24.0 Å². The van der Waals surface area contributed by atoms with E-state index >= 15 is 0 Å². The second-order valence-electron chi connectivity index (χ2n) is 34.0. The van der Waals surface area contributed by atoms with Crippen molar-refractivity contribution < 1.29 is 114 Å². The maximum atomic E-state index is 14.8. The lowest BCUT2D eigenvalue weighted by Crippen LogP contribution is -2.61. The Kier molecular flexibility index (Phi) is 41.2. The fourth-order valence-electron chi connectivity index (χ4n) is 16.9. The molecule has 36 nitrogen and oxygen atoms in total. The van der Waals surface area contributed by atoms with Gasteiger partial charge in [0.1, 0.15) is 59.2 Å². The summed E-state index contributed by atoms with van der Waals surface area (Å²) in [6.45, 7) is 22.3. The minimum absolute atomic E-state index is 0.00915. The Labute approximate surface area is 744 Å². The number of methoxy groups -OCH3 is 3. The van der Waals surface area contributed by atoms with Gasteiger partial charge in [-0.2, -0.15) is 10.1 Å². The number of Topliss-reactive ketones (excluding diaryl/α,β-unsaturated/α-hetero) is 3. The molecule has 1 aliphatic carbocycles. The van der Waals surface area contributed by atoms with Gasteiger partial charge in [-0.1, -0.05) is 76.3 Å². The number of ether oxygens (including phenoxy) is 15. The van der Waals surface area contributed by atoms with E-state index < -0.39 is 77.8 Å². The van der Waals surface area contributed by atoms with Crippen molar-refractivity contribution >= 4 is 69.1 Å². The van der Waals surface area contributed by atoms with Crippen LogP contribution in [0.4, 0.5) is 11.8 Å². The van der Waals surface area contributed by atoms with E-state index in [2.05, 4.69) is 25.3 Å². The van der Waals surface area contributed by atoms with Gasteiger partial charge < -0.3 is 107 Å². The van der Waals surface area contributed by atoms with Crippen LogP contribution in [0.1, 0.15) is 138 Å². The summed E-state index contributed by atoms with van der Waals surface area (Å²) in [6, 6.07) is 4.40. The van der Waals surface area contributed by atoms with Gasteiger partial charge in [0, 0.05) is 89.6 Å². The van der Waals surface area contributed by atoms with Crippen molar-refractivity contribution in [3.05, 3.63) is 84.0 Å². The number of nitrogens with zero attached hydrogens (tertiary/aromatic N) is 10. The molecule has 5 aliphatic rings. The van der Waals surface area contributed by atoms with Crippen LogP contribution in [0.2, 0.25) is 0 Å². The molecule has 127 heavy (non-hydrogen) atoms. The summed E-state index contributed by atoms with van der Waals surface area (Å²) in [7, 11) is 4.61. The fraction of sp³-hybridized carbons (Fsp3) is 0.692. The third-order valence-corrected chi connectivity index (χ3v) is 24.4. The lowest BCUT2D eigenvalue weighted by atomic mass is 9.78. The van der Waals surface area contributed by atoms with Crippen LogP contribution in [0.3, 0.4) is 0 Å². The Bertz CT molecular complexity index is 4390. The van der Waals surface area contributed by atoms with Gasteiger partial charge >= 0.3 is 5.97 Å². The number of hydrogen-bond acceptors (Lipinski definition) is 32. The summed E-state index contributed by atoms with van der Waals surface area (Å²) in [5, 5.41) is 37.8. The van der Waals surface area contributed by atoms with Crippen molar-refractivity contribution in [3.63, 3.8) is 0 Å². The zero-order valence-electron chi connectivity index (χ0n) is 75.7. The number of aliphatic hydroxyl groups is 2. The molecule has 2 bridgehead atoms. The lowest BCUT2D eigenvalue weighted by molar-refractivity contribution is -0.265. The Morgan fingerprint density at radius 2 is 1.38 bits per heavy atom. The van der Waals surface area contributed by atoms with Crippen LogP contribution in [0.5, 0.6) is 0 Å². The molecule has 0 spiro atoms. The van der Waals surface area contributed by atoms with E-state index in [1.807, 2.05) is 86.0 Å². The number of ketones is 3. The van der Waals surface area contributed by atoms with E-state index in [-0.39, 0.29) is 91.8 Å². The van der Waals surface area contributed by atoms with E-state index in [1.165, 1.54) is 18.3 Å². The molecule has 1 aromatic carbocycles. The molecule has 1 unspecified atom stereocenters. The molecule has 8 heterocycles. The molecule has 704 valence electrons. The van der Waals surface area contributed by atoms with Crippen molar-refractivity contribution in [2.45, 2.75) is 206 Å². The number of allylic oxidation sites excluding steroid dienone is 6. The molecule has 0 radical (unpaired) electrons. The maximum Gasteiger partial charge on any atom is 0.329 e. The molecule has 10 rings (SSSR count). The Morgan fingerprint density at radius 1 is 0.709 bits per heavy atom. The number of aromatic nitrogens is 8. The summed E-state index contributed by atoms with van der Waals surface area (Å²) >= 11 is 0. The second kappa shape index (κ2) is 51.9. The number of nitrogen functional groups attached to an aromatic ring is 2. The van der Waals surface area contributed by atoms with Gasteiger partial charge in [0.2, 0.25) is 11.7 Å². The average Bonchev–Trinajstić information content (AvgIpc) is 1.67. The minimum Gasteiger partial charge on any atom is -0.460 e. The summed E-state index contributed by atoms with van der Waals surface area (Å²) in [6.07, 6.45) is 14.9. The molecule has 4 aromatic heterocycles. The molecule has 1 saturated carbocycles. The number of carbonyl (C=O) groups is 6. The summed E-state index contributed by atoms with van der Waals surface area (Å²) in [4.78, 5) is 101. The molecule has 15 atom stereocenters. The van der Waals surface area contributed by atoms with Gasteiger partial charge in [-0.15, -0.1) is 5.10 Å². The fourth-order valence-corrected chi connectivity index (χ4v) is 16.9. The molecule has 4 aliphatic heterocycles. The van der Waals surface area contributed by atoms with Gasteiger partial charge in [-0.05, 0) is 125 Å². The predicted octanol–water partition coefficient (Wildman–Crippen LogP) is 7.81. The monoisotopic (exact) mass is 1780 g/mol. The first-order valence-corrected chi connectivity index (χ1v) is 45.0. The zero-order valence-corrected chi connectivity index (χ0v) is 75.7. The summed E-state index contributed by atoms with van der Waals surface area (Å²) in [5.74, 6) is -7.76. The molecule has 2 amide bonds. The van der Waals surface area contributed by atoms with E-state index in [4.69, 9.17) is 92.0 Å². The molecule has 3 saturated heterocycles. The van der Waals surface area contributed by atoms with Crippen LogP contribution >= 0.6 is 0 Å². The Hall–Kier alpha value is -8.28. The van der Waals surface area contributed by atoms with Crippen LogP contribution in [0.25, 0.3) is 33.4 Å². The molecule has 5 aromatic rings. The largest absolute Gasteiger partial charge is 0.460 e. The van der Waals surface area contributed by atoms with E-state index in [9.17, 15) is 39.0 Å². The first-order chi connectivity index (χ1) is 61.4. The van der Waals surface area contributed by atoms with Crippen molar-refractivity contribution in [1.82, 2.24) is 49.5 Å². The highest BCUT2D eigenvalue weighted by Gasteiger charge is 2.53. The van der Waals surface area contributed by atoms with E-state index in [0.29, 0.717) is 248 Å². The number of carbonyl (C=O) groups excluding carboxylic acids is 6. The van der Waals surface area contributed by atoms with Gasteiger partial charge in [-0.25, -0.2) is 24.1 Å². The molecule has 6 N–H and O–H groups in total. The number of fused-ring (bicyclic) bond motifs is 5. The van der Waals surface area contributed by atoms with Crippen molar-refractivity contribution in [1.29, 1.82) is 0 Å². The molecular formula is C91H136N12O24. The number of benzene rings is 1. The molecule has 36 heteroatoms. The highest BCUT2D eigenvalue weighted by atomic mass is 16.6. The van der Waals surface area contributed by atoms with Crippen LogP contribution in [0, 0.1) is 41.4 Å². The topological polar surface area (TPSA) is 440 Å². The number of rotatable bonds is 42. The van der Waals surface area contributed by atoms with Gasteiger partial charge in [0.15, 0.2) is 17.0 Å². The molecular weight excluding hydrogens is 1650 g/mol. The molecule has 4 fully saturated rings. The zero-order chi connectivity index (χ0) is 90.8. The number of anilines is 2. The standard InChI is InChI=1S/C91H136N12O24/c1-59-16-12-11-13-17-60(2)76(112-8)51-70-22-19-65(7)91(111,127-70)85(108)88(109)102-26-15-14-18-72(102)89(110)125-77(52-73(104)61(3)47-64(6)83(107)84(114-10)82(106)63(5)46-59)62(4)48-66-20-23-75(78(49-66)113-9)124-45-44-123-57-69-56-101(99-97-69)27-29-116-31-33-118-35-37-120-39-41-122-43-42-121-40-38-119-36-34-117-32-30-115-28-25-79(105)100-53-67(54-100)55-103-87-80(86(92)94-58-95-87)81(98-103)68-21-24-74-71(50-68)96-90(93)126-74/h11-13,16-17,21,24,47,50,56,58-59,61-63,65-67,70,72,75-78,83-84,107,111H,14-15,18-20,22-23,25-46,48-49,51-55,57H2,1-10H3,(H2,93,96)(H2,92,94,95)/b13-11+,16-12+,60-17+,64-47+/t59-,61-,62-,63-,65-,66+,70+,72+,75-,76?,77+,78-,83-,84+,91-/m1/s1. The third-order valence-electron chi connectivity index (χ3n) is 24.4. The number of amides is 2. The quantitative estimate of drug-likeness (QED) is 0.0125. The van der Waals surface area contributed by atoms with Crippen LogP contribution in [0.15, 0.2) is 82.7 Å². The minimum atomic E-state index is -2.47. The first-order valence-electron chi connectivity index (χ1n) is 45.0. The normalized spacial score (nSPS) is 27.3. The van der Waals surface area contributed by atoms with Crippen LogP contribution < -0.4 is 11.5 Å². The van der Waals surface area contributed by atoms with Crippen LogP contribution in [-0.2, 0) is 120 Å². The van der Waals surface area contributed by atoms with Gasteiger partial charge in [0.25, 0.3) is 17.7 Å². The second-order valence-corrected chi connectivity index (χ2v) is 34.0. The van der Waals surface area contributed by atoms with Crippen LogP contribution in [-0.4, -0.2) is 309 Å². The van der Waals surface area contributed by atoms with Gasteiger partial charge in [0.05, 0.1) is 174 Å². The number of esters is 1. The lowest BCUT2D eigenvalue weighted by Gasteiger charge is -2.42. The van der Waals surface area contributed by atoms with E-state index in [1.54, 1.807) is 51.8 Å². The number of piperidine rings is 1. The number of oxazole rings is 1. The Morgan fingerprint density at radius 3 is 2.05 bits per heavy atom. The smallest absolute Gasteiger partial charge is 0.329 e. The van der Waals surface area contributed by atoms with Crippen molar-refractivity contribution in [2.75, 3.05) is 171 Å². The Balaban J connectivity index is 0.545. The average molecular weight is 1780 g/mol. The SMILES string of the molecule is COC1C[C@@H]2CC[C@@H](C)[C@@](O)(O2)C(=O)C(=O)N2CCCC[C@H]2C(=O)O[C@H]([C@H](C)C[C@@H]2CC[C@@H](OCCOCc3cn(CCOCCOCCOCCOCCOCCOCCOCCOCCC(=O)N4CC(Cn5nc(-c6ccc7oc(N)nc7c6)c6c(N)ncnc65)C4)nn3)[C@H](OC)C2)CC(=O)[C@H](C)/C=C(\C)[C@@H](O)[C@@H](OC)C(=O)[C@H](C)C[C@H](C)/C=C/C=C/C=C/1C. The van der Waals surface area contributed by atoms with Crippen molar-refractivity contribution in [2.24, 2.45) is 41.4 Å².